The fourth-order valence-electron chi connectivity index (χ4n) is 6.87. The molecule has 2 N–H and O–H groups in total. The van der Waals surface area contributed by atoms with E-state index in [1.165, 1.54) is 10.6 Å². The summed E-state index contributed by atoms with van der Waals surface area (Å²) in [6.45, 7) is 5.98. The summed E-state index contributed by atoms with van der Waals surface area (Å²) < 4.78 is 24.1. The number of aromatic nitrogens is 2. The van der Waals surface area contributed by atoms with Crippen LogP contribution in [0.1, 0.15) is 87.7 Å². The van der Waals surface area contributed by atoms with Crippen LogP contribution in [-0.2, 0) is 34.7 Å². The summed E-state index contributed by atoms with van der Waals surface area (Å²) in [7, 11) is 0. The van der Waals surface area contributed by atoms with E-state index in [-0.39, 0.29) is 59.6 Å². The third-order valence-corrected chi connectivity index (χ3v) is 9.36. The molecule has 2 aromatic heterocycles. The lowest BCUT2D eigenvalue weighted by Crippen LogP contribution is -2.44. The number of rotatable bonds is 5. The number of nitrogens with zero attached hydrogens (tertiary/aromatic N) is 2. The highest BCUT2D eigenvalue weighted by atomic mass is 19.1. The van der Waals surface area contributed by atoms with Gasteiger partial charge in [-0.05, 0) is 74.1 Å². The van der Waals surface area contributed by atoms with E-state index in [1.54, 1.807) is 19.1 Å². The quantitative estimate of drug-likeness (QED) is 0.363. The minimum Gasteiger partial charge on any atom is -0.458 e. The number of ether oxygens (including phenoxy) is 1. The van der Waals surface area contributed by atoms with Crippen LogP contribution >= 0.6 is 0 Å². The van der Waals surface area contributed by atoms with Gasteiger partial charge in [-0.2, -0.15) is 0 Å². The lowest BCUT2D eigenvalue weighted by molar-refractivity contribution is -0.172. The molecule has 0 saturated heterocycles. The van der Waals surface area contributed by atoms with Crippen LogP contribution in [0.3, 0.4) is 0 Å². The van der Waals surface area contributed by atoms with Gasteiger partial charge in [0.05, 0.1) is 34.6 Å². The second kappa shape index (κ2) is 9.38. The minimum atomic E-state index is -1.98. The van der Waals surface area contributed by atoms with Gasteiger partial charge in [-0.25, -0.2) is 9.18 Å². The van der Waals surface area contributed by atoms with Gasteiger partial charge in [0.25, 0.3) is 5.56 Å². The van der Waals surface area contributed by atoms with Crippen molar-refractivity contribution in [2.75, 3.05) is 6.61 Å². The van der Waals surface area contributed by atoms with E-state index in [1.807, 2.05) is 0 Å². The predicted molar refractivity (Wildman–Crippen MR) is 148 cm³/mol. The number of benzene rings is 1. The van der Waals surface area contributed by atoms with Crippen LogP contribution in [-0.4, -0.2) is 31.9 Å². The Kier molecular flexibility index (Phi) is 6.31. The zero-order valence-corrected chi connectivity index (χ0v) is 23.2. The van der Waals surface area contributed by atoms with Crippen molar-refractivity contribution < 1.29 is 24.1 Å². The summed E-state index contributed by atoms with van der Waals surface area (Å²) in [5, 5.41) is 20.8. The molecule has 0 radical (unpaired) electrons. The average Bonchev–Trinajstić information content (AvgIpc) is 3.31. The highest BCUT2D eigenvalue weighted by Gasteiger charge is 2.46. The molecule has 40 heavy (non-hydrogen) atoms. The van der Waals surface area contributed by atoms with E-state index < -0.39 is 22.9 Å². The first kappa shape index (κ1) is 26.9. The van der Waals surface area contributed by atoms with E-state index in [0.29, 0.717) is 40.9 Å². The van der Waals surface area contributed by atoms with Crippen LogP contribution in [0.2, 0.25) is 0 Å². The molecule has 0 spiro atoms. The van der Waals surface area contributed by atoms with Crippen LogP contribution in [0.4, 0.5) is 4.39 Å². The number of aryl methyl sites for hydroxylation is 1. The zero-order chi connectivity index (χ0) is 28.6. The van der Waals surface area contributed by atoms with Crippen molar-refractivity contribution in [3.05, 3.63) is 67.0 Å². The third kappa shape index (κ3) is 3.89. The first-order chi connectivity index (χ1) is 19.0. The fourth-order valence-corrected chi connectivity index (χ4v) is 6.87. The van der Waals surface area contributed by atoms with Gasteiger partial charge in [0.15, 0.2) is 11.0 Å². The van der Waals surface area contributed by atoms with Crippen LogP contribution < -0.4 is 11.0 Å². The average molecular weight is 551 g/mol. The molecule has 3 aromatic rings. The van der Waals surface area contributed by atoms with E-state index in [2.05, 4.69) is 18.4 Å². The molecule has 0 unspecified atom stereocenters. The lowest BCUT2D eigenvalue weighted by atomic mass is 9.75. The van der Waals surface area contributed by atoms with E-state index in [0.717, 1.165) is 25.7 Å². The summed E-state index contributed by atoms with van der Waals surface area (Å²) in [6.07, 6.45) is 4.49. The maximum atomic E-state index is 15.3. The van der Waals surface area contributed by atoms with Crippen LogP contribution in [0.25, 0.3) is 22.2 Å². The highest BCUT2D eigenvalue weighted by molar-refractivity contribution is 5.88. The van der Waals surface area contributed by atoms with Gasteiger partial charge >= 0.3 is 5.97 Å². The number of esters is 1. The molecule has 1 aliphatic carbocycles. The van der Waals surface area contributed by atoms with Crippen LogP contribution in [0, 0.1) is 11.2 Å². The molecule has 2 aliphatic heterocycles. The molecule has 9 heteroatoms. The van der Waals surface area contributed by atoms with E-state index in [4.69, 9.17) is 4.74 Å². The molecule has 8 nitrogen and oxygen atoms in total. The zero-order valence-electron chi connectivity index (χ0n) is 23.2. The molecule has 0 bridgehead atoms. The van der Waals surface area contributed by atoms with Crippen molar-refractivity contribution in [3.63, 3.8) is 0 Å². The Labute approximate surface area is 231 Å². The van der Waals surface area contributed by atoms with Gasteiger partial charge in [-0.15, -0.1) is 0 Å². The number of carbonyl (C=O) groups excluding carboxylic acids is 1. The molecule has 1 saturated carbocycles. The maximum Gasteiger partial charge on any atom is 0.343 e. The predicted octanol–water partition coefficient (Wildman–Crippen LogP) is 4.05. The van der Waals surface area contributed by atoms with Crippen molar-refractivity contribution in [1.29, 1.82) is 0 Å². The van der Waals surface area contributed by atoms with Crippen LogP contribution in [0.5, 0.6) is 0 Å². The number of aliphatic hydroxyl groups excluding tert-OH is 1. The first-order valence-corrected chi connectivity index (χ1v) is 14.2. The number of fused-ring (bicyclic) bond motifs is 5. The number of cyclic esters (lactones) is 1. The SMILES string of the molecule is CC[C@@]1(O)C(=O)OCc2c1cc1n(c2=O)Cc2c-1c(=O)c1cc(F)c(CCCO)cc1n2C1CCC(C)(C)CC1. The van der Waals surface area contributed by atoms with Gasteiger partial charge < -0.3 is 24.1 Å². The maximum absolute atomic E-state index is 15.3. The molecule has 4 heterocycles. The molecule has 0 amide bonds. The van der Waals surface area contributed by atoms with Crippen molar-refractivity contribution in [2.24, 2.45) is 5.41 Å². The Morgan fingerprint density at radius 2 is 1.85 bits per heavy atom. The number of hydrogen-bond donors (Lipinski definition) is 2. The van der Waals surface area contributed by atoms with Crippen molar-refractivity contribution in [2.45, 2.75) is 90.5 Å². The van der Waals surface area contributed by atoms with Crippen molar-refractivity contribution >= 4 is 16.9 Å². The van der Waals surface area contributed by atoms with Gasteiger partial charge in [0.1, 0.15) is 12.4 Å². The Morgan fingerprint density at radius 3 is 2.52 bits per heavy atom. The molecular formula is C31H35FN2O6. The molecule has 1 aromatic carbocycles. The largest absolute Gasteiger partial charge is 0.458 e. The molecule has 1 atom stereocenters. The van der Waals surface area contributed by atoms with Gasteiger partial charge in [-0.1, -0.05) is 20.8 Å². The Bertz CT molecular complexity index is 1680. The lowest BCUT2D eigenvalue weighted by Gasteiger charge is -2.37. The number of hydrogen-bond acceptors (Lipinski definition) is 6. The molecule has 3 aliphatic rings. The first-order valence-electron chi connectivity index (χ1n) is 14.2. The summed E-state index contributed by atoms with van der Waals surface area (Å²) in [4.78, 5) is 40.4. The molecule has 212 valence electrons. The van der Waals surface area contributed by atoms with Gasteiger partial charge in [-0.3, -0.25) is 9.59 Å². The third-order valence-electron chi connectivity index (χ3n) is 9.36. The van der Waals surface area contributed by atoms with Crippen LogP contribution in [0.15, 0.2) is 27.8 Å². The van der Waals surface area contributed by atoms with E-state index >= 15 is 4.39 Å². The standard InChI is InChI=1S/C31H35FN2O6/c1-4-31(39)21-14-24-26-25(15-33(24)28(37)20(21)16-40-29(31)38)34(18-7-9-30(2,3)10-8-18)23-12-17(6-5-11-35)22(32)13-19(23)27(26)36/h12-14,18,35,39H,4-11,15-16H2,1-3H3/t31-/m0/s1. The normalized spacial score (nSPS) is 21.7. The van der Waals surface area contributed by atoms with Crippen molar-refractivity contribution in [3.8, 4) is 11.3 Å². The smallest absolute Gasteiger partial charge is 0.343 e. The summed E-state index contributed by atoms with van der Waals surface area (Å²) in [6, 6.07) is 4.66. The second-order valence-electron chi connectivity index (χ2n) is 12.3. The van der Waals surface area contributed by atoms with Gasteiger partial charge in [0.2, 0.25) is 0 Å². The van der Waals surface area contributed by atoms with E-state index in [9.17, 15) is 24.6 Å². The number of pyridine rings is 2. The Balaban J connectivity index is 1.64. The van der Waals surface area contributed by atoms with Crippen molar-refractivity contribution in [1.82, 2.24) is 9.13 Å². The monoisotopic (exact) mass is 550 g/mol. The molecular weight excluding hydrogens is 515 g/mol. The van der Waals surface area contributed by atoms with Gasteiger partial charge in [0, 0.05) is 23.6 Å². The Morgan fingerprint density at radius 1 is 1.12 bits per heavy atom. The Hall–Kier alpha value is -3.30. The molecule has 6 rings (SSSR count). The number of carbonyl (C=O) groups is 1. The highest BCUT2D eigenvalue weighted by Crippen LogP contribution is 2.44. The minimum absolute atomic E-state index is 0.0101. The summed E-state index contributed by atoms with van der Waals surface area (Å²) in [5.74, 6) is -1.32. The number of halogens is 1. The fraction of sp³-hybridized carbons (Fsp3) is 0.516. The second-order valence-corrected chi connectivity index (χ2v) is 12.3. The summed E-state index contributed by atoms with van der Waals surface area (Å²) in [5.41, 5.74) is 0.230. The molecule has 1 fully saturated rings. The number of aliphatic hydroxyl groups is 2. The summed E-state index contributed by atoms with van der Waals surface area (Å²) >= 11 is 0. The topological polar surface area (TPSA) is 111 Å².